The smallest absolute Gasteiger partial charge is 0.260 e. The Morgan fingerprint density at radius 1 is 1.24 bits per heavy atom. The summed E-state index contributed by atoms with van der Waals surface area (Å²) in [6, 6.07) is 0. The molecule has 0 radical (unpaired) electrons. The Bertz CT molecular complexity index is 972. The molecule has 0 saturated heterocycles. The lowest BCUT2D eigenvalue weighted by atomic mass is 10.2. The molecule has 0 aliphatic heterocycles. The first kappa shape index (κ1) is 17.0. The maximum atomic E-state index is 12.4. The van der Waals surface area contributed by atoms with Crippen molar-refractivity contribution in [3.05, 3.63) is 33.5 Å². The zero-order valence-electron chi connectivity index (χ0n) is 14.2. The third kappa shape index (κ3) is 2.76. The Morgan fingerprint density at radius 2 is 1.92 bits per heavy atom. The van der Waals surface area contributed by atoms with Crippen LogP contribution in [0.5, 0.6) is 11.5 Å². The monoisotopic (exact) mass is 364 g/mol. The first-order valence-electron chi connectivity index (χ1n) is 7.37. The van der Waals surface area contributed by atoms with E-state index in [0.29, 0.717) is 39.5 Å². The number of anilines is 1. The van der Waals surface area contributed by atoms with Crippen LogP contribution in [0.15, 0.2) is 6.20 Å². The fourth-order valence-electron chi connectivity index (χ4n) is 2.79. The molecular weight excluding hydrogens is 348 g/mol. The number of halogens is 1. The van der Waals surface area contributed by atoms with Gasteiger partial charge in [0, 0.05) is 0 Å². The highest BCUT2D eigenvalue weighted by Gasteiger charge is 2.25. The van der Waals surface area contributed by atoms with E-state index >= 15 is 0 Å². The zero-order chi connectivity index (χ0) is 18.3. The van der Waals surface area contributed by atoms with Crippen molar-refractivity contribution in [3.8, 4) is 11.5 Å². The first-order chi connectivity index (χ1) is 11.9. The van der Waals surface area contributed by atoms with Crippen LogP contribution in [0.3, 0.4) is 0 Å². The summed E-state index contributed by atoms with van der Waals surface area (Å²) in [7, 11) is 3.00. The maximum Gasteiger partial charge on any atom is 0.260 e. The third-order valence-electron chi connectivity index (χ3n) is 3.85. The Kier molecular flexibility index (Phi) is 4.25. The summed E-state index contributed by atoms with van der Waals surface area (Å²) in [6.07, 6.45) is 1.42. The van der Waals surface area contributed by atoms with Gasteiger partial charge in [-0.05, 0) is 13.8 Å². The fourth-order valence-corrected chi connectivity index (χ4v) is 3.10. The second-order valence-electron chi connectivity index (χ2n) is 5.47. The number of nitrogens with two attached hydrogens (primary N) is 1. The summed E-state index contributed by atoms with van der Waals surface area (Å²) >= 11 is 6.15. The second kappa shape index (κ2) is 6.25. The number of nitrogens with zero attached hydrogens (tertiary/aromatic N) is 5. The van der Waals surface area contributed by atoms with Crippen LogP contribution in [-0.2, 0) is 6.54 Å². The van der Waals surface area contributed by atoms with E-state index in [1.807, 2.05) is 0 Å². The Hall–Kier alpha value is -2.81. The van der Waals surface area contributed by atoms with Crippen molar-refractivity contribution >= 4 is 28.6 Å². The van der Waals surface area contributed by atoms with Gasteiger partial charge in [0.15, 0.2) is 17.6 Å². The molecule has 3 aromatic rings. The normalized spacial score (nSPS) is 11.1. The van der Waals surface area contributed by atoms with Crippen molar-refractivity contribution in [3.63, 3.8) is 0 Å². The summed E-state index contributed by atoms with van der Waals surface area (Å²) in [5.74, 6) is 0.860. The molecule has 0 aliphatic rings. The van der Waals surface area contributed by atoms with Crippen LogP contribution in [0, 0.1) is 19.1 Å². The van der Waals surface area contributed by atoms with Gasteiger partial charge < -0.3 is 20.4 Å². The van der Waals surface area contributed by atoms with Crippen LogP contribution in [0.2, 0.25) is 5.15 Å². The predicted molar refractivity (Wildman–Crippen MR) is 91.8 cm³/mol. The molecule has 3 aromatic heterocycles. The lowest BCUT2D eigenvalue weighted by Crippen LogP contribution is -2.34. The Morgan fingerprint density at radius 3 is 2.56 bits per heavy atom. The van der Waals surface area contributed by atoms with Gasteiger partial charge in [-0.25, -0.2) is 9.67 Å². The summed E-state index contributed by atoms with van der Waals surface area (Å²) in [6.45, 7) is 3.64. The van der Waals surface area contributed by atoms with E-state index in [4.69, 9.17) is 26.8 Å². The minimum absolute atomic E-state index is 0.0297. The number of ether oxygens (including phenoxy) is 2. The first-order valence-corrected chi connectivity index (χ1v) is 7.74. The molecule has 3 heterocycles. The lowest BCUT2D eigenvalue weighted by Gasteiger charge is -2.14. The molecule has 9 nitrogen and oxygen atoms in total. The number of hydrogen-bond acceptors (Lipinski definition) is 7. The van der Waals surface area contributed by atoms with Gasteiger partial charge in [-0.1, -0.05) is 11.6 Å². The van der Waals surface area contributed by atoms with E-state index in [9.17, 15) is 5.21 Å². The Labute approximate surface area is 148 Å². The molecule has 0 saturated carbocycles. The minimum atomic E-state index is 0.0297. The highest BCUT2D eigenvalue weighted by atomic mass is 35.5. The van der Waals surface area contributed by atoms with Crippen LogP contribution < -0.4 is 19.9 Å². The van der Waals surface area contributed by atoms with Crippen LogP contribution in [0.25, 0.3) is 11.0 Å². The molecule has 132 valence electrons. The molecule has 0 fully saturated rings. The molecule has 0 amide bonds. The second-order valence-corrected chi connectivity index (χ2v) is 5.82. The third-order valence-corrected chi connectivity index (χ3v) is 4.12. The van der Waals surface area contributed by atoms with Crippen molar-refractivity contribution in [1.29, 1.82) is 0 Å². The van der Waals surface area contributed by atoms with Crippen LogP contribution >= 0.6 is 11.6 Å². The van der Waals surface area contributed by atoms with Gasteiger partial charge in [0.05, 0.1) is 30.9 Å². The number of nitrogen functional groups attached to an aromatic ring is 1. The number of rotatable bonds is 4. The highest BCUT2D eigenvalue weighted by Crippen LogP contribution is 2.33. The largest absolute Gasteiger partial charge is 0.618 e. The van der Waals surface area contributed by atoms with E-state index in [1.54, 1.807) is 13.8 Å². The Balaban J connectivity index is 2.20. The molecule has 0 spiro atoms. The fraction of sp³-hybridized carbons (Fsp3) is 0.333. The van der Waals surface area contributed by atoms with E-state index in [1.165, 1.54) is 25.1 Å². The van der Waals surface area contributed by atoms with Gasteiger partial charge in [-0.3, -0.25) is 0 Å². The van der Waals surface area contributed by atoms with Crippen molar-refractivity contribution in [2.24, 2.45) is 0 Å². The predicted octanol–water partition coefficient (Wildman–Crippen LogP) is 1.38. The van der Waals surface area contributed by atoms with Crippen molar-refractivity contribution in [2.45, 2.75) is 20.4 Å². The molecule has 10 heteroatoms. The summed E-state index contributed by atoms with van der Waals surface area (Å²) < 4.78 is 13.0. The van der Waals surface area contributed by atoms with Crippen molar-refractivity contribution < 1.29 is 14.2 Å². The quantitative estimate of drug-likeness (QED) is 0.422. The van der Waals surface area contributed by atoms with Gasteiger partial charge >= 0.3 is 0 Å². The molecule has 0 bridgehead atoms. The molecule has 0 unspecified atom stereocenters. The summed E-state index contributed by atoms with van der Waals surface area (Å²) in [5, 5.41) is 17.6. The highest BCUT2D eigenvalue weighted by molar-refractivity contribution is 6.34. The SMILES string of the molecule is COc1c(C)c[n+]([O-])c(Cn2nc(C)c3c(Cl)nc(N)nc32)c1OC. The summed E-state index contributed by atoms with van der Waals surface area (Å²) in [4.78, 5) is 8.14. The molecular formula is C15H17ClN6O3. The summed E-state index contributed by atoms with van der Waals surface area (Å²) in [5.41, 5.74) is 7.75. The molecule has 0 aromatic carbocycles. The molecule has 0 aliphatic carbocycles. The number of hydrogen-bond donors (Lipinski definition) is 1. The lowest BCUT2D eigenvalue weighted by molar-refractivity contribution is -0.615. The van der Waals surface area contributed by atoms with Crippen molar-refractivity contribution in [1.82, 2.24) is 19.7 Å². The van der Waals surface area contributed by atoms with Gasteiger partial charge in [0.1, 0.15) is 11.7 Å². The molecule has 2 N–H and O–H groups in total. The van der Waals surface area contributed by atoms with Crippen molar-refractivity contribution in [2.75, 3.05) is 20.0 Å². The molecule has 25 heavy (non-hydrogen) atoms. The number of pyridine rings is 1. The zero-order valence-corrected chi connectivity index (χ0v) is 15.0. The van der Waals surface area contributed by atoms with Gasteiger partial charge in [-0.2, -0.15) is 14.8 Å². The van der Waals surface area contributed by atoms with Crippen LogP contribution in [-0.4, -0.2) is 34.0 Å². The van der Waals surface area contributed by atoms with Gasteiger partial charge in [-0.15, -0.1) is 0 Å². The number of aromatic nitrogens is 5. The number of aryl methyl sites for hydroxylation is 2. The number of fused-ring (bicyclic) bond motifs is 1. The number of methoxy groups -OCH3 is 2. The maximum absolute atomic E-state index is 12.4. The molecule has 0 atom stereocenters. The van der Waals surface area contributed by atoms with E-state index in [-0.39, 0.29) is 17.6 Å². The molecule has 3 rings (SSSR count). The van der Waals surface area contributed by atoms with Gasteiger partial charge in [0.25, 0.3) is 5.69 Å². The van der Waals surface area contributed by atoms with Crippen LogP contribution in [0.4, 0.5) is 5.95 Å². The van der Waals surface area contributed by atoms with E-state index in [2.05, 4.69) is 15.1 Å². The topological polar surface area (TPSA) is 115 Å². The standard InChI is InChI=1S/C15H17ClN6O3/c1-7-5-22(23)9(12(25-4)11(7)24-3)6-21-14-10(8(2)20-21)13(16)18-15(17)19-14/h5H,6H2,1-4H3,(H2,17,18,19). The average Bonchev–Trinajstić information content (AvgIpc) is 2.85. The van der Waals surface area contributed by atoms with E-state index < -0.39 is 0 Å². The average molecular weight is 365 g/mol. The minimum Gasteiger partial charge on any atom is -0.618 e. The van der Waals surface area contributed by atoms with Crippen LogP contribution in [0.1, 0.15) is 17.0 Å². The van der Waals surface area contributed by atoms with E-state index in [0.717, 1.165) is 4.73 Å². The van der Waals surface area contributed by atoms with Gasteiger partial charge in [0.2, 0.25) is 11.7 Å².